The molecular formula is C14H8BrClN2O. The SMILES string of the molecule is Clc1ccc(-c2noc(-c3ccccc3Br)n2)cc1. The molecule has 0 aliphatic rings. The topological polar surface area (TPSA) is 38.9 Å². The van der Waals surface area contributed by atoms with E-state index in [2.05, 4.69) is 26.1 Å². The van der Waals surface area contributed by atoms with Crippen LogP contribution in [0.2, 0.25) is 5.02 Å². The minimum atomic E-state index is 0.484. The molecule has 0 unspecified atom stereocenters. The van der Waals surface area contributed by atoms with E-state index in [9.17, 15) is 0 Å². The van der Waals surface area contributed by atoms with Crippen LogP contribution in [0.15, 0.2) is 57.5 Å². The predicted molar refractivity (Wildman–Crippen MR) is 77.9 cm³/mol. The molecule has 0 radical (unpaired) electrons. The van der Waals surface area contributed by atoms with Crippen LogP contribution in [0.25, 0.3) is 22.8 Å². The molecule has 3 nitrogen and oxygen atoms in total. The van der Waals surface area contributed by atoms with E-state index in [0.717, 1.165) is 15.6 Å². The molecule has 19 heavy (non-hydrogen) atoms. The highest BCUT2D eigenvalue weighted by atomic mass is 79.9. The van der Waals surface area contributed by atoms with Crippen LogP contribution in [0.1, 0.15) is 0 Å². The van der Waals surface area contributed by atoms with Gasteiger partial charge in [-0.3, -0.25) is 0 Å². The third kappa shape index (κ3) is 2.55. The van der Waals surface area contributed by atoms with Crippen LogP contribution in [0.3, 0.4) is 0 Å². The van der Waals surface area contributed by atoms with Crippen molar-refractivity contribution in [1.29, 1.82) is 0 Å². The van der Waals surface area contributed by atoms with E-state index in [-0.39, 0.29) is 0 Å². The van der Waals surface area contributed by atoms with Gasteiger partial charge < -0.3 is 4.52 Å². The largest absolute Gasteiger partial charge is 0.334 e. The van der Waals surface area contributed by atoms with E-state index >= 15 is 0 Å². The average molecular weight is 336 g/mol. The Labute approximate surface area is 123 Å². The van der Waals surface area contributed by atoms with Gasteiger partial charge in [0.2, 0.25) is 5.82 Å². The molecule has 0 saturated carbocycles. The second-order valence-corrected chi connectivity index (χ2v) is 5.20. The third-order valence-electron chi connectivity index (χ3n) is 2.63. The molecule has 2 aromatic carbocycles. The number of halogens is 2. The molecule has 1 aromatic heterocycles. The van der Waals surface area contributed by atoms with Crippen molar-refractivity contribution in [3.05, 3.63) is 58.0 Å². The normalized spacial score (nSPS) is 10.6. The molecule has 3 rings (SSSR count). The first-order valence-electron chi connectivity index (χ1n) is 5.58. The maximum Gasteiger partial charge on any atom is 0.259 e. The van der Waals surface area contributed by atoms with Gasteiger partial charge in [-0.25, -0.2) is 0 Å². The van der Waals surface area contributed by atoms with Gasteiger partial charge >= 0.3 is 0 Å². The number of nitrogens with zero attached hydrogens (tertiary/aromatic N) is 2. The van der Waals surface area contributed by atoms with E-state index in [0.29, 0.717) is 16.7 Å². The Balaban J connectivity index is 2.00. The highest BCUT2D eigenvalue weighted by Gasteiger charge is 2.12. The summed E-state index contributed by atoms with van der Waals surface area (Å²) in [6, 6.07) is 15.0. The Hall–Kier alpha value is -1.65. The molecule has 0 saturated heterocycles. The second kappa shape index (κ2) is 5.15. The van der Waals surface area contributed by atoms with E-state index < -0.39 is 0 Å². The van der Waals surface area contributed by atoms with Crippen LogP contribution in [-0.4, -0.2) is 10.1 Å². The van der Waals surface area contributed by atoms with Gasteiger partial charge in [-0.05, 0) is 52.3 Å². The molecule has 1 heterocycles. The Kier molecular flexibility index (Phi) is 3.36. The van der Waals surface area contributed by atoms with Crippen molar-refractivity contribution in [2.75, 3.05) is 0 Å². The average Bonchev–Trinajstić information content (AvgIpc) is 2.89. The lowest BCUT2D eigenvalue weighted by molar-refractivity contribution is 0.432. The highest BCUT2D eigenvalue weighted by Crippen LogP contribution is 2.28. The fraction of sp³-hybridized carbons (Fsp3) is 0. The number of hydrogen-bond acceptors (Lipinski definition) is 3. The zero-order valence-electron chi connectivity index (χ0n) is 9.68. The molecule has 0 spiro atoms. The molecule has 0 aliphatic carbocycles. The maximum absolute atomic E-state index is 5.85. The molecule has 0 atom stereocenters. The summed E-state index contributed by atoms with van der Waals surface area (Å²) in [4.78, 5) is 4.39. The molecular weight excluding hydrogens is 328 g/mol. The zero-order chi connectivity index (χ0) is 13.2. The fourth-order valence-corrected chi connectivity index (χ4v) is 2.26. The van der Waals surface area contributed by atoms with Crippen molar-refractivity contribution in [3.8, 4) is 22.8 Å². The Morgan fingerprint density at radius 2 is 1.74 bits per heavy atom. The molecule has 0 amide bonds. The zero-order valence-corrected chi connectivity index (χ0v) is 12.0. The van der Waals surface area contributed by atoms with Crippen LogP contribution < -0.4 is 0 Å². The quantitative estimate of drug-likeness (QED) is 0.674. The summed E-state index contributed by atoms with van der Waals surface area (Å²) in [5.41, 5.74) is 1.74. The lowest BCUT2D eigenvalue weighted by Crippen LogP contribution is -1.81. The maximum atomic E-state index is 5.85. The van der Waals surface area contributed by atoms with Crippen molar-refractivity contribution in [3.63, 3.8) is 0 Å². The van der Waals surface area contributed by atoms with E-state index in [1.165, 1.54) is 0 Å². The number of aromatic nitrogens is 2. The van der Waals surface area contributed by atoms with Gasteiger partial charge in [0.25, 0.3) is 5.89 Å². The summed E-state index contributed by atoms with van der Waals surface area (Å²) >= 11 is 9.31. The number of rotatable bonds is 2. The van der Waals surface area contributed by atoms with Crippen molar-refractivity contribution >= 4 is 27.5 Å². The van der Waals surface area contributed by atoms with Crippen LogP contribution in [0.5, 0.6) is 0 Å². The Morgan fingerprint density at radius 1 is 1.00 bits per heavy atom. The summed E-state index contributed by atoms with van der Waals surface area (Å²) in [5, 5.41) is 4.66. The molecule has 0 bridgehead atoms. The Bertz CT molecular complexity index is 709. The van der Waals surface area contributed by atoms with Gasteiger partial charge in [0, 0.05) is 15.1 Å². The molecule has 5 heteroatoms. The van der Waals surface area contributed by atoms with E-state index in [4.69, 9.17) is 16.1 Å². The van der Waals surface area contributed by atoms with Crippen LogP contribution >= 0.6 is 27.5 Å². The highest BCUT2D eigenvalue weighted by molar-refractivity contribution is 9.10. The summed E-state index contributed by atoms with van der Waals surface area (Å²) in [6.45, 7) is 0. The monoisotopic (exact) mass is 334 g/mol. The minimum absolute atomic E-state index is 0.484. The van der Waals surface area contributed by atoms with E-state index in [1.54, 1.807) is 12.1 Å². The molecule has 0 aliphatic heterocycles. The standard InChI is InChI=1S/C14H8BrClN2O/c15-12-4-2-1-3-11(12)14-17-13(18-19-14)9-5-7-10(16)8-6-9/h1-8H. The van der Waals surface area contributed by atoms with Gasteiger partial charge in [-0.1, -0.05) is 28.9 Å². The molecule has 3 aromatic rings. The minimum Gasteiger partial charge on any atom is -0.334 e. The first kappa shape index (κ1) is 12.4. The second-order valence-electron chi connectivity index (χ2n) is 3.91. The van der Waals surface area contributed by atoms with Crippen LogP contribution in [0, 0.1) is 0 Å². The summed E-state index contributed by atoms with van der Waals surface area (Å²) < 4.78 is 6.21. The van der Waals surface area contributed by atoms with Gasteiger partial charge in [0.05, 0.1) is 5.56 Å². The van der Waals surface area contributed by atoms with Crippen molar-refractivity contribution < 1.29 is 4.52 Å². The fourth-order valence-electron chi connectivity index (χ4n) is 1.68. The van der Waals surface area contributed by atoms with E-state index in [1.807, 2.05) is 36.4 Å². The van der Waals surface area contributed by atoms with Crippen molar-refractivity contribution in [2.45, 2.75) is 0 Å². The number of benzene rings is 2. The third-order valence-corrected chi connectivity index (χ3v) is 3.58. The van der Waals surface area contributed by atoms with Gasteiger partial charge in [0.15, 0.2) is 0 Å². The summed E-state index contributed by atoms with van der Waals surface area (Å²) in [7, 11) is 0. The lowest BCUT2D eigenvalue weighted by Gasteiger charge is -1.96. The number of hydrogen-bond donors (Lipinski definition) is 0. The van der Waals surface area contributed by atoms with Gasteiger partial charge in [-0.2, -0.15) is 4.98 Å². The van der Waals surface area contributed by atoms with Gasteiger partial charge in [0.1, 0.15) is 0 Å². The van der Waals surface area contributed by atoms with Gasteiger partial charge in [-0.15, -0.1) is 0 Å². The van der Waals surface area contributed by atoms with Crippen LogP contribution in [0.4, 0.5) is 0 Å². The summed E-state index contributed by atoms with van der Waals surface area (Å²) in [6.07, 6.45) is 0. The first-order valence-corrected chi connectivity index (χ1v) is 6.76. The molecule has 0 N–H and O–H groups in total. The molecule has 94 valence electrons. The summed E-state index contributed by atoms with van der Waals surface area (Å²) in [5.74, 6) is 1.03. The smallest absolute Gasteiger partial charge is 0.259 e. The predicted octanol–water partition coefficient (Wildman–Crippen LogP) is 4.82. The first-order chi connectivity index (χ1) is 9.24. The van der Waals surface area contributed by atoms with Crippen molar-refractivity contribution in [1.82, 2.24) is 10.1 Å². The Morgan fingerprint density at radius 3 is 2.47 bits per heavy atom. The molecule has 0 fully saturated rings. The lowest BCUT2D eigenvalue weighted by atomic mass is 10.2. The van der Waals surface area contributed by atoms with Crippen LogP contribution in [-0.2, 0) is 0 Å². The van der Waals surface area contributed by atoms with Crippen molar-refractivity contribution in [2.24, 2.45) is 0 Å².